The summed E-state index contributed by atoms with van der Waals surface area (Å²) in [7, 11) is -3.75. The molecule has 172 valence electrons. The average Bonchev–Trinajstić information content (AvgIpc) is 3.04. The number of rotatable bonds is 7. The number of aromatic nitrogens is 2. The van der Waals surface area contributed by atoms with Crippen molar-refractivity contribution in [3.8, 4) is 11.1 Å². The number of amides is 1. The highest BCUT2D eigenvalue weighted by Gasteiger charge is 2.27. The summed E-state index contributed by atoms with van der Waals surface area (Å²) in [5, 5.41) is 7.04. The van der Waals surface area contributed by atoms with Crippen molar-refractivity contribution in [3.05, 3.63) is 65.4 Å². The lowest BCUT2D eigenvalue weighted by Crippen LogP contribution is -2.26. The van der Waals surface area contributed by atoms with Gasteiger partial charge in [-0.3, -0.25) is 9.59 Å². The Labute approximate surface area is 193 Å². The predicted molar refractivity (Wildman–Crippen MR) is 126 cm³/mol. The number of hydrogen-bond acceptors (Lipinski definition) is 5. The molecule has 2 heterocycles. The van der Waals surface area contributed by atoms with Crippen LogP contribution >= 0.6 is 0 Å². The van der Waals surface area contributed by atoms with Crippen molar-refractivity contribution in [1.29, 1.82) is 0 Å². The molecule has 1 aromatic heterocycles. The summed E-state index contributed by atoms with van der Waals surface area (Å²) in [6, 6.07) is 15.0. The SMILES string of the molecule is Cc1ccc(-c2c(C)nn3c2NC(=O)CCC3=O)cc1S(=O)(=O)NCCCc1ccccc1. The van der Waals surface area contributed by atoms with Crippen molar-refractivity contribution in [2.24, 2.45) is 0 Å². The van der Waals surface area contributed by atoms with Gasteiger partial charge in [-0.2, -0.15) is 9.78 Å². The molecule has 0 saturated heterocycles. The minimum absolute atomic E-state index is 0.0693. The van der Waals surface area contributed by atoms with Crippen molar-refractivity contribution in [2.75, 3.05) is 11.9 Å². The van der Waals surface area contributed by atoms with Crippen LogP contribution in [0.25, 0.3) is 11.1 Å². The van der Waals surface area contributed by atoms with Crippen LogP contribution in [-0.4, -0.2) is 36.6 Å². The van der Waals surface area contributed by atoms with Gasteiger partial charge in [-0.05, 0) is 49.4 Å². The Hall–Kier alpha value is -3.30. The number of nitrogens with zero attached hydrogens (tertiary/aromatic N) is 2. The number of hydrogen-bond donors (Lipinski definition) is 2. The van der Waals surface area contributed by atoms with Crippen LogP contribution in [-0.2, 0) is 21.2 Å². The third-order valence-electron chi connectivity index (χ3n) is 5.66. The van der Waals surface area contributed by atoms with Crippen molar-refractivity contribution in [2.45, 2.75) is 44.4 Å². The number of anilines is 1. The van der Waals surface area contributed by atoms with Gasteiger partial charge in [0.25, 0.3) is 0 Å². The van der Waals surface area contributed by atoms with Crippen LogP contribution in [0.1, 0.15) is 40.9 Å². The van der Waals surface area contributed by atoms with Gasteiger partial charge in [-0.15, -0.1) is 0 Å². The van der Waals surface area contributed by atoms with Crippen LogP contribution in [0.4, 0.5) is 5.82 Å². The Morgan fingerprint density at radius 1 is 1.06 bits per heavy atom. The molecule has 1 amide bonds. The lowest BCUT2D eigenvalue weighted by atomic mass is 10.0. The molecule has 8 nitrogen and oxygen atoms in total. The second-order valence-corrected chi connectivity index (χ2v) is 9.87. The van der Waals surface area contributed by atoms with E-state index in [2.05, 4.69) is 15.1 Å². The standard InChI is InChI=1S/C24H26N4O4S/c1-16-10-11-19(23-17(2)27-28-22(30)13-12-21(29)26-24(23)28)15-20(16)33(31,32)25-14-6-9-18-7-4-3-5-8-18/h3-5,7-8,10-11,15,25H,6,9,12-14H2,1-2H3,(H,26,29). The molecule has 4 rings (SSSR count). The van der Waals surface area contributed by atoms with E-state index < -0.39 is 10.0 Å². The maximum atomic E-state index is 13.1. The molecule has 0 aliphatic carbocycles. The van der Waals surface area contributed by atoms with E-state index >= 15 is 0 Å². The second kappa shape index (κ2) is 9.29. The van der Waals surface area contributed by atoms with Gasteiger partial charge in [-0.1, -0.05) is 42.5 Å². The molecule has 1 aliphatic heterocycles. The van der Waals surface area contributed by atoms with Crippen LogP contribution in [0.5, 0.6) is 0 Å². The maximum absolute atomic E-state index is 13.1. The van der Waals surface area contributed by atoms with E-state index in [1.165, 1.54) is 4.68 Å². The number of carbonyl (C=O) groups is 2. The monoisotopic (exact) mass is 466 g/mol. The van der Waals surface area contributed by atoms with Gasteiger partial charge in [-0.25, -0.2) is 13.1 Å². The third-order valence-corrected chi connectivity index (χ3v) is 7.27. The van der Waals surface area contributed by atoms with Crippen LogP contribution in [0.2, 0.25) is 0 Å². The van der Waals surface area contributed by atoms with Crippen LogP contribution < -0.4 is 10.0 Å². The minimum Gasteiger partial charge on any atom is -0.310 e. The number of benzene rings is 2. The van der Waals surface area contributed by atoms with E-state index in [-0.39, 0.29) is 35.4 Å². The van der Waals surface area contributed by atoms with E-state index in [9.17, 15) is 18.0 Å². The molecular formula is C24H26N4O4S. The smallest absolute Gasteiger partial charge is 0.249 e. The molecule has 33 heavy (non-hydrogen) atoms. The first-order valence-electron chi connectivity index (χ1n) is 10.8. The first-order valence-corrected chi connectivity index (χ1v) is 12.3. The summed E-state index contributed by atoms with van der Waals surface area (Å²) in [6.45, 7) is 3.78. The van der Waals surface area contributed by atoms with Crippen LogP contribution in [0, 0.1) is 13.8 Å². The highest BCUT2D eigenvalue weighted by atomic mass is 32.2. The van der Waals surface area contributed by atoms with Gasteiger partial charge >= 0.3 is 0 Å². The largest absolute Gasteiger partial charge is 0.310 e. The number of carbonyl (C=O) groups excluding carboxylic acids is 2. The predicted octanol–water partition coefficient (Wildman–Crippen LogP) is 3.45. The first-order chi connectivity index (χ1) is 15.8. The summed E-state index contributed by atoms with van der Waals surface area (Å²) in [6.07, 6.45) is 1.60. The average molecular weight is 467 g/mol. The second-order valence-electron chi connectivity index (χ2n) is 8.13. The number of fused-ring (bicyclic) bond motifs is 1. The van der Waals surface area contributed by atoms with Crippen molar-refractivity contribution < 1.29 is 18.0 Å². The molecule has 0 atom stereocenters. The molecule has 1 aliphatic rings. The van der Waals surface area contributed by atoms with Gasteiger partial charge in [0.1, 0.15) is 5.82 Å². The molecule has 0 radical (unpaired) electrons. The molecule has 0 bridgehead atoms. The zero-order valence-corrected chi connectivity index (χ0v) is 19.4. The quantitative estimate of drug-likeness (QED) is 0.518. The summed E-state index contributed by atoms with van der Waals surface area (Å²) >= 11 is 0. The van der Waals surface area contributed by atoms with Crippen LogP contribution in [0.3, 0.4) is 0 Å². The molecule has 2 N–H and O–H groups in total. The highest BCUT2D eigenvalue weighted by Crippen LogP contribution is 2.35. The Morgan fingerprint density at radius 3 is 2.58 bits per heavy atom. The fourth-order valence-corrected chi connectivity index (χ4v) is 5.30. The zero-order chi connectivity index (χ0) is 23.6. The fraction of sp³-hybridized carbons (Fsp3) is 0.292. The number of nitrogens with one attached hydrogen (secondary N) is 2. The van der Waals surface area contributed by atoms with Crippen molar-refractivity contribution >= 4 is 27.7 Å². The normalized spacial score (nSPS) is 14.0. The molecule has 0 unspecified atom stereocenters. The summed E-state index contributed by atoms with van der Waals surface area (Å²) in [5.41, 5.74) is 3.40. The Kier molecular flexibility index (Phi) is 6.44. The van der Waals surface area contributed by atoms with Crippen molar-refractivity contribution in [3.63, 3.8) is 0 Å². The van der Waals surface area contributed by atoms with Gasteiger partial charge in [0.2, 0.25) is 21.8 Å². The van der Waals surface area contributed by atoms with Crippen molar-refractivity contribution in [1.82, 2.24) is 14.5 Å². The molecule has 3 aromatic rings. The highest BCUT2D eigenvalue weighted by molar-refractivity contribution is 7.89. The molecular weight excluding hydrogens is 440 g/mol. The first kappa shape index (κ1) is 22.9. The molecule has 0 fully saturated rings. The molecule has 0 saturated carbocycles. The summed E-state index contributed by atoms with van der Waals surface area (Å²) in [4.78, 5) is 24.6. The van der Waals surface area contributed by atoms with Gasteiger partial charge in [0, 0.05) is 24.9 Å². The molecule has 9 heteroatoms. The lowest BCUT2D eigenvalue weighted by Gasteiger charge is -2.12. The Morgan fingerprint density at radius 2 is 1.82 bits per heavy atom. The van der Waals surface area contributed by atoms with E-state index in [0.29, 0.717) is 35.3 Å². The molecule has 0 spiro atoms. The maximum Gasteiger partial charge on any atom is 0.249 e. The van der Waals surface area contributed by atoms with Gasteiger partial charge in [0.15, 0.2) is 0 Å². The molecule has 2 aromatic carbocycles. The summed E-state index contributed by atoms with van der Waals surface area (Å²) in [5.74, 6) is -0.274. The van der Waals surface area contributed by atoms with E-state index in [1.54, 1.807) is 32.0 Å². The zero-order valence-electron chi connectivity index (χ0n) is 18.6. The van der Waals surface area contributed by atoms with E-state index in [1.807, 2.05) is 30.3 Å². The topological polar surface area (TPSA) is 110 Å². The van der Waals surface area contributed by atoms with E-state index in [0.717, 1.165) is 12.0 Å². The summed E-state index contributed by atoms with van der Waals surface area (Å²) < 4.78 is 30.0. The van der Waals surface area contributed by atoms with Gasteiger partial charge in [0.05, 0.1) is 10.6 Å². The number of sulfonamides is 1. The minimum atomic E-state index is -3.75. The Bertz CT molecular complexity index is 1310. The fourth-order valence-electron chi connectivity index (χ4n) is 3.96. The van der Waals surface area contributed by atoms with Crippen LogP contribution in [0.15, 0.2) is 53.4 Å². The van der Waals surface area contributed by atoms with Gasteiger partial charge < -0.3 is 5.32 Å². The number of aryl methyl sites for hydroxylation is 3. The lowest BCUT2D eigenvalue weighted by molar-refractivity contribution is -0.116. The third kappa shape index (κ3) is 4.89. The van der Waals surface area contributed by atoms with E-state index in [4.69, 9.17) is 0 Å². The Balaban J connectivity index is 1.59.